The summed E-state index contributed by atoms with van der Waals surface area (Å²) in [6.45, 7) is 0. The summed E-state index contributed by atoms with van der Waals surface area (Å²) in [7, 11) is 2.30. The van der Waals surface area contributed by atoms with Gasteiger partial charge in [-0.1, -0.05) is 42.0 Å². The maximum absolute atomic E-state index is 2.36. The highest BCUT2D eigenvalue weighted by molar-refractivity contribution is 6.14. The molecule has 0 fully saturated rings. The molecule has 1 aliphatic rings. The Morgan fingerprint density at radius 3 is 2.50 bits per heavy atom. The van der Waals surface area contributed by atoms with Crippen LogP contribution in [0.5, 0.6) is 0 Å². The first-order valence-electron chi connectivity index (χ1n) is 4.59. The van der Waals surface area contributed by atoms with Crippen molar-refractivity contribution < 1.29 is 0 Å². The fraction of sp³-hybridized carbons (Fsp3) is 0.273. The normalized spacial score (nSPS) is 21.3. The zero-order valence-corrected chi connectivity index (χ0v) is 7.46. The van der Waals surface area contributed by atoms with Gasteiger partial charge in [0, 0.05) is 0 Å². The second-order valence-electron chi connectivity index (χ2n) is 3.58. The van der Waals surface area contributed by atoms with Crippen molar-refractivity contribution in [1.29, 1.82) is 0 Å². The topological polar surface area (TPSA) is 0 Å². The Kier molecular flexibility index (Phi) is 2.03. The summed E-state index contributed by atoms with van der Waals surface area (Å²) in [5.74, 6) is 0.824. The lowest BCUT2D eigenvalue weighted by molar-refractivity contribution is 0.826. The van der Waals surface area contributed by atoms with Gasteiger partial charge >= 0.3 is 0 Å². The highest BCUT2D eigenvalue weighted by Crippen LogP contribution is 2.31. The summed E-state index contributed by atoms with van der Waals surface area (Å²) >= 11 is 0. The van der Waals surface area contributed by atoms with E-state index in [0.717, 1.165) is 12.2 Å². The van der Waals surface area contributed by atoms with Crippen molar-refractivity contribution >= 4 is 7.85 Å². The average Bonchev–Trinajstić information content (AvgIpc) is 2.14. The smallest absolute Gasteiger partial charge is 0.0856 e. The van der Waals surface area contributed by atoms with Crippen LogP contribution in [0.25, 0.3) is 0 Å². The molecule has 1 heteroatoms. The predicted molar refractivity (Wildman–Crippen MR) is 55.1 cm³/mol. The van der Waals surface area contributed by atoms with Crippen molar-refractivity contribution in [2.75, 3.05) is 0 Å². The van der Waals surface area contributed by atoms with Crippen molar-refractivity contribution in [1.82, 2.24) is 0 Å². The Morgan fingerprint density at radius 2 is 2.00 bits per heavy atom. The Balaban J connectivity index is 2.05. The molecule has 2 rings (SSSR count). The molecule has 0 spiro atoms. The fourth-order valence-electron chi connectivity index (χ4n) is 1.60. The molecule has 0 N–H and O–H groups in total. The molecule has 0 aromatic heterocycles. The zero-order chi connectivity index (χ0) is 8.39. The van der Waals surface area contributed by atoms with Crippen molar-refractivity contribution in [3.05, 3.63) is 47.5 Å². The summed E-state index contributed by atoms with van der Waals surface area (Å²) in [6, 6.07) is 10.7. The van der Waals surface area contributed by atoms with Gasteiger partial charge in [0.25, 0.3) is 0 Å². The van der Waals surface area contributed by atoms with E-state index in [2.05, 4.69) is 44.3 Å². The highest BCUT2D eigenvalue weighted by Gasteiger charge is 2.15. The van der Waals surface area contributed by atoms with Crippen LogP contribution in [0, 0.1) is 0 Å². The van der Waals surface area contributed by atoms with Crippen LogP contribution in [0.1, 0.15) is 12.0 Å². The Morgan fingerprint density at radius 1 is 1.25 bits per heavy atom. The largest absolute Gasteiger partial charge is 0.111 e. The summed E-state index contributed by atoms with van der Waals surface area (Å²) in [5.41, 5.74) is 3.05. The van der Waals surface area contributed by atoms with Crippen molar-refractivity contribution in [2.45, 2.75) is 18.7 Å². The molecular formula is C11H13B. The van der Waals surface area contributed by atoms with Gasteiger partial charge in [0.2, 0.25) is 0 Å². The summed E-state index contributed by atoms with van der Waals surface area (Å²) in [4.78, 5) is 0. The van der Waals surface area contributed by atoms with Crippen LogP contribution in [-0.4, -0.2) is 7.85 Å². The van der Waals surface area contributed by atoms with Gasteiger partial charge in [-0.2, -0.15) is 0 Å². The minimum atomic E-state index is 0.824. The molecule has 0 aliphatic heterocycles. The van der Waals surface area contributed by atoms with Crippen molar-refractivity contribution in [3.63, 3.8) is 0 Å². The molecular weight excluding hydrogens is 143 g/mol. The van der Waals surface area contributed by atoms with Gasteiger partial charge in [-0.3, -0.25) is 0 Å². The first-order valence-corrected chi connectivity index (χ1v) is 4.59. The van der Waals surface area contributed by atoms with Crippen molar-refractivity contribution in [2.24, 2.45) is 0 Å². The van der Waals surface area contributed by atoms with E-state index in [1.54, 1.807) is 5.57 Å². The van der Waals surface area contributed by atoms with E-state index in [-0.39, 0.29) is 0 Å². The molecule has 0 bridgehead atoms. The molecule has 0 radical (unpaired) electrons. The average molecular weight is 156 g/mol. The molecule has 60 valence electrons. The summed E-state index contributed by atoms with van der Waals surface area (Å²) < 4.78 is 0. The van der Waals surface area contributed by atoms with E-state index in [1.165, 1.54) is 12.0 Å². The van der Waals surface area contributed by atoms with E-state index in [4.69, 9.17) is 0 Å². The summed E-state index contributed by atoms with van der Waals surface area (Å²) in [5, 5.41) is 0. The third-order valence-corrected chi connectivity index (χ3v) is 2.62. The molecule has 0 saturated heterocycles. The molecule has 0 amide bonds. The lowest BCUT2D eigenvalue weighted by Gasteiger charge is -2.23. The van der Waals surface area contributed by atoms with Crippen LogP contribution in [0.2, 0.25) is 5.82 Å². The molecule has 1 aromatic carbocycles. The first kappa shape index (κ1) is 7.66. The molecule has 1 aromatic rings. The van der Waals surface area contributed by atoms with E-state index < -0.39 is 0 Å². The molecule has 1 unspecified atom stereocenters. The SMILES string of the molecule is BC1CC=C1Cc1ccccc1. The third kappa shape index (κ3) is 1.45. The van der Waals surface area contributed by atoms with Crippen LogP contribution in [0.4, 0.5) is 0 Å². The number of rotatable bonds is 2. The van der Waals surface area contributed by atoms with Crippen LogP contribution in [-0.2, 0) is 6.42 Å². The molecule has 0 heterocycles. The van der Waals surface area contributed by atoms with E-state index in [1.807, 2.05) is 0 Å². The van der Waals surface area contributed by atoms with Gasteiger partial charge < -0.3 is 0 Å². The van der Waals surface area contributed by atoms with Crippen LogP contribution < -0.4 is 0 Å². The monoisotopic (exact) mass is 156 g/mol. The van der Waals surface area contributed by atoms with Crippen molar-refractivity contribution in [3.8, 4) is 0 Å². The van der Waals surface area contributed by atoms with Gasteiger partial charge in [-0.15, -0.1) is 0 Å². The van der Waals surface area contributed by atoms with Gasteiger partial charge in [0.05, 0.1) is 0 Å². The van der Waals surface area contributed by atoms with Gasteiger partial charge in [0.15, 0.2) is 0 Å². The fourth-order valence-corrected chi connectivity index (χ4v) is 1.60. The molecule has 0 nitrogen and oxygen atoms in total. The lowest BCUT2D eigenvalue weighted by atomic mass is 9.69. The highest BCUT2D eigenvalue weighted by atomic mass is 14.2. The third-order valence-electron chi connectivity index (χ3n) is 2.62. The minimum absolute atomic E-state index is 0.824. The Bertz CT molecular complexity index is 287. The Labute approximate surface area is 74.7 Å². The number of allylic oxidation sites excluding steroid dienone is 2. The summed E-state index contributed by atoms with van der Waals surface area (Å²) in [6.07, 6.45) is 4.79. The van der Waals surface area contributed by atoms with Crippen LogP contribution in [0.3, 0.4) is 0 Å². The number of hydrogen-bond acceptors (Lipinski definition) is 0. The van der Waals surface area contributed by atoms with Gasteiger partial charge in [-0.25, -0.2) is 0 Å². The minimum Gasteiger partial charge on any atom is -0.0856 e. The maximum Gasteiger partial charge on any atom is 0.111 e. The van der Waals surface area contributed by atoms with Gasteiger partial charge in [-0.05, 0) is 24.2 Å². The zero-order valence-electron chi connectivity index (χ0n) is 7.46. The van der Waals surface area contributed by atoms with Crippen LogP contribution >= 0.6 is 0 Å². The molecule has 12 heavy (non-hydrogen) atoms. The van der Waals surface area contributed by atoms with E-state index in [0.29, 0.717) is 0 Å². The Hall–Kier alpha value is -0.975. The van der Waals surface area contributed by atoms with E-state index >= 15 is 0 Å². The molecule has 0 saturated carbocycles. The second kappa shape index (κ2) is 3.18. The molecule has 1 atom stereocenters. The van der Waals surface area contributed by atoms with Gasteiger partial charge in [0.1, 0.15) is 7.85 Å². The lowest BCUT2D eigenvalue weighted by Crippen LogP contribution is -2.08. The van der Waals surface area contributed by atoms with E-state index in [9.17, 15) is 0 Å². The standard InChI is InChI=1S/C11H13B/c12-11-7-6-10(11)8-9-4-2-1-3-5-9/h1-6,11H,7-8,12H2. The second-order valence-corrected chi connectivity index (χ2v) is 3.58. The number of benzene rings is 1. The predicted octanol–water partition coefficient (Wildman–Crippen LogP) is 1.98. The quantitative estimate of drug-likeness (QED) is 0.453. The molecule has 1 aliphatic carbocycles. The number of hydrogen-bond donors (Lipinski definition) is 0. The maximum atomic E-state index is 2.36. The first-order chi connectivity index (χ1) is 5.86. The van der Waals surface area contributed by atoms with Crippen LogP contribution in [0.15, 0.2) is 42.0 Å².